The molecule has 2 fully saturated rings. The quantitative estimate of drug-likeness (QED) is 0.854. The molecular formula is C16H17N3O4. The molecule has 0 bridgehead atoms. The smallest absolute Gasteiger partial charge is 0.292 e. The molecule has 4 heterocycles. The zero-order chi connectivity index (χ0) is 15.7. The lowest BCUT2D eigenvalue weighted by Gasteiger charge is -2.22. The molecule has 1 amide bonds. The normalized spacial score (nSPS) is 26.8. The zero-order valence-electron chi connectivity index (χ0n) is 12.6. The van der Waals surface area contributed by atoms with Crippen LogP contribution in [0.2, 0.25) is 0 Å². The maximum atomic E-state index is 12.3. The molecule has 120 valence electrons. The summed E-state index contributed by atoms with van der Waals surface area (Å²) in [6.45, 7) is 1.73. The van der Waals surface area contributed by atoms with E-state index < -0.39 is 0 Å². The summed E-state index contributed by atoms with van der Waals surface area (Å²) in [6, 6.07) is 5.30. The van der Waals surface area contributed by atoms with Crippen molar-refractivity contribution in [3.63, 3.8) is 0 Å². The summed E-state index contributed by atoms with van der Waals surface area (Å²) >= 11 is 0. The Balaban J connectivity index is 1.38. The first-order valence-corrected chi connectivity index (χ1v) is 7.65. The van der Waals surface area contributed by atoms with Gasteiger partial charge in [0.1, 0.15) is 11.9 Å². The van der Waals surface area contributed by atoms with E-state index in [-0.39, 0.29) is 23.4 Å². The van der Waals surface area contributed by atoms with E-state index in [1.807, 2.05) is 12.1 Å². The molecule has 2 saturated heterocycles. The Labute approximate surface area is 133 Å². The lowest BCUT2D eigenvalue weighted by molar-refractivity contribution is 0.00956. The third-order valence-electron chi connectivity index (χ3n) is 4.36. The number of hydrogen-bond donors (Lipinski definition) is 0. The maximum Gasteiger partial charge on any atom is 0.292 e. The maximum absolute atomic E-state index is 12.3. The second kappa shape index (κ2) is 5.66. The molecule has 2 atom stereocenters. The predicted octanol–water partition coefficient (Wildman–Crippen LogP) is 1.52. The summed E-state index contributed by atoms with van der Waals surface area (Å²) in [7, 11) is 0. The molecule has 2 aliphatic heterocycles. The molecule has 7 nitrogen and oxygen atoms in total. The van der Waals surface area contributed by atoms with E-state index in [4.69, 9.17) is 14.0 Å². The minimum absolute atomic E-state index is 0.0143. The van der Waals surface area contributed by atoms with Crippen molar-refractivity contribution in [1.82, 2.24) is 15.0 Å². The van der Waals surface area contributed by atoms with Crippen molar-refractivity contribution >= 4 is 5.91 Å². The number of amides is 1. The van der Waals surface area contributed by atoms with Crippen molar-refractivity contribution in [2.24, 2.45) is 0 Å². The van der Waals surface area contributed by atoms with Gasteiger partial charge in [0, 0.05) is 25.2 Å². The topological polar surface area (TPSA) is 77.7 Å². The molecule has 7 heteroatoms. The lowest BCUT2D eigenvalue weighted by Crippen LogP contribution is -2.36. The van der Waals surface area contributed by atoms with Gasteiger partial charge in [0.05, 0.1) is 31.1 Å². The van der Waals surface area contributed by atoms with Gasteiger partial charge in [0.2, 0.25) is 5.76 Å². The van der Waals surface area contributed by atoms with Gasteiger partial charge < -0.3 is 18.9 Å². The van der Waals surface area contributed by atoms with Gasteiger partial charge in [-0.3, -0.25) is 9.78 Å². The van der Waals surface area contributed by atoms with Crippen LogP contribution < -0.4 is 4.74 Å². The molecule has 23 heavy (non-hydrogen) atoms. The standard InChI is InChI=1S/C16H17N3O4/c20-15(14-3-6-18-23-14)19-7-4-16(11-19)8-13(10-21-16)22-12-2-1-5-17-9-12/h1-3,5-6,9,13H,4,7-8,10-11H2/t13-,16-/m0/s1. The fourth-order valence-electron chi connectivity index (χ4n) is 3.27. The second-order valence-corrected chi connectivity index (χ2v) is 5.98. The van der Waals surface area contributed by atoms with Gasteiger partial charge in [-0.15, -0.1) is 0 Å². The molecule has 0 radical (unpaired) electrons. The highest BCUT2D eigenvalue weighted by Crippen LogP contribution is 2.37. The van der Waals surface area contributed by atoms with E-state index in [1.165, 1.54) is 6.20 Å². The molecule has 0 aromatic carbocycles. The minimum atomic E-state index is -0.317. The van der Waals surface area contributed by atoms with Crippen LogP contribution in [0.15, 0.2) is 41.3 Å². The molecule has 0 aliphatic carbocycles. The van der Waals surface area contributed by atoms with Gasteiger partial charge in [0.25, 0.3) is 5.91 Å². The largest absolute Gasteiger partial charge is 0.486 e. The van der Waals surface area contributed by atoms with Crippen LogP contribution in [0.3, 0.4) is 0 Å². The number of ether oxygens (including phenoxy) is 2. The molecule has 0 saturated carbocycles. The average molecular weight is 315 g/mol. The van der Waals surface area contributed by atoms with Crippen molar-refractivity contribution in [2.45, 2.75) is 24.5 Å². The first-order chi connectivity index (χ1) is 11.2. The van der Waals surface area contributed by atoms with Gasteiger partial charge in [-0.1, -0.05) is 5.16 Å². The van der Waals surface area contributed by atoms with Crippen molar-refractivity contribution in [3.05, 3.63) is 42.5 Å². The van der Waals surface area contributed by atoms with Crippen LogP contribution in [-0.4, -0.2) is 52.3 Å². The monoisotopic (exact) mass is 315 g/mol. The summed E-state index contributed by atoms with van der Waals surface area (Å²) in [4.78, 5) is 18.1. The first kappa shape index (κ1) is 14.2. The van der Waals surface area contributed by atoms with E-state index in [0.29, 0.717) is 19.7 Å². The number of nitrogens with zero attached hydrogens (tertiary/aromatic N) is 3. The van der Waals surface area contributed by atoms with E-state index in [0.717, 1.165) is 18.6 Å². The van der Waals surface area contributed by atoms with Crippen molar-refractivity contribution in [1.29, 1.82) is 0 Å². The third kappa shape index (κ3) is 2.79. The molecular weight excluding hydrogens is 298 g/mol. The van der Waals surface area contributed by atoms with Crippen LogP contribution in [0.25, 0.3) is 0 Å². The number of hydrogen-bond acceptors (Lipinski definition) is 6. The summed E-state index contributed by atoms with van der Waals surface area (Å²) in [5.41, 5.74) is -0.317. The summed E-state index contributed by atoms with van der Waals surface area (Å²) in [5, 5.41) is 3.58. The number of rotatable bonds is 3. The Morgan fingerprint density at radius 3 is 3.13 bits per heavy atom. The van der Waals surface area contributed by atoms with Crippen LogP contribution in [0, 0.1) is 0 Å². The van der Waals surface area contributed by atoms with Crippen molar-refractivity contribution in [3.8, 4) is 5.75 Å². The SMILES string of the molecule is O=C(c1ccno1)N1CC[C@]2(C[C@H](Oc3cccnc3)CO2)C1. The Bertz CT molecular complexity index is 676. The van der Waals surface area contributed by atoms with Gasteiger partial charge in [-0.05, 0) is 18.6 Å². The highest BCUT2D eigenvalue weighted by atomic mass is 16.6. The van der Waals surface area contributed by atoms with Gasteiger partial charge in [-0.2, -0.15) is 0 Å². The molecule has 4 rings (SSSR count). The van der Waals surface area contributed by atoms with Crippen LogP contribution in [-0.2, 0) is 4.74 Å². The Hall–Kier alpha value is -2.41. The number of pyridine rings is 1. The van der Waals surface area contributed by atoms with Crippen molar-refractivity contribution < 1.29 is 18.8 Å². The highest BCUT2D eigenvalue weighted by Gasteiger charge is 2.48. The molecule has 2 aliphatic rings. The fourth-order valence-corrected chi connectivity index (χ4v) is 3.27. The van der Waals surface area contributed by atoms with Gasteiger partial charge >= 0.3 is 0 Å². The van der Waals surface area contributed by atoms with Crippen LogP contribution in [0.1, 0.15) is 23.4 Å². The number of likely N-dealkylation sites (tertiary alicyclic amines) is 1. The molecule has 0 N–H and O–H groups in total. The highest BCUT2D eigenvalue weighted by molar-refractivity contribution is 5.91. The van der Waals surface area contributed by atoms with Crippen LogP contribution in [0.4, 0.5) is 0 Å². The Kier molecular flexibility index (Phi) is 3.49. The molecule has 2 aromatic rings. The van der Waals surface area contributed by atoms with Crippen LogP contribution in [0.5, 0.6) is 5.75 Å². The number of aromatic nitrogens is 2. The average Bonchev–Trinajstić information content (AvgIpc) is 3.31. The molecule has 0 unspecified atom stereocenters. The fraction of sp³-hybridized carbons (Fsp3) is 0.438. The zero-order valence-corrected chi connectivity index (χ0v) is 12.6. The van der Waals surface area contributed by atoms with E-state index in [1.54, 1.807) is 23.4 Å². The molecule has 2 aromatic heterocycles. The Morgan fingerprint density at radius 1 is 1.39 bits per heavy atom. The summed E-state index contributed by atoms with van der Waals surface area (Å²) in [5.74, 6) is 0.869. The first-order valence-electron chi connectivity index (χ1n) is 7.65. The van der Waals surface area contributed by atoms with Gasteiger partial charge in [0.15, 0.2) is 0 Å². The number of carbonyl (C=O) groups excluding carboxylic acids is 1. The molecule has 1 spiro atoms. The predicted molar refractivity (Wildman–Crippen MR) is 79.0 cm³/mol. The summed E-state index contributed by atoms with van der Waals surface area (Å²) < 4.78 is 16.9. The van der Waals surface area contributed by atoms with E-state index in [9.17, 15) is 4.79 Å². The van der Waals surface area contributed by atoms with E-state index in [2.05, 4.69) is 10.1 Å². The number of carbonyl (C=O) groups is 1. The van der Waals surface area contributed by atoms with Gasteiger partial charge in [-0.25, -0.2) is 0 Å². The minimum Gasteiger partial charge on any atom is -0.486 e. The van der Waals surface area contributed by atoms with E-state index >= 15 is 0 Å². The summed E-state index contributed by atoms with van der Waals surface area (Å²) in [6.07, 6.45) is 6.44. The third-order valence-corrected chi connectivity index (χ3v) is 4.36. The van der Waals surface area contributed by atoms with Crippen LogP contribution >= 0.6 is 0 Å². The van der Waals surface area contributed by atoms with Crippen molar-refractivity contribution in [2.75, 3.05) is 19.7 Å². The Morgan fingerprint density at radius 2 is 2.35 bits per heavy atom. The second-order valence-electron chi connectivity index (χ2n) is 5.98. The lowest BCUT2D eigenvalue weighted by atomic mass is 9.98.